The molecular formula is C21H22ClF3N4O4S2. The van der Waals surface area contributed by atoms with Gasteiger partial charge in [0.2, 0.25) is 0 Å². The molecule has 0 unspecified atom stereocenters. The number of carboxylic acids is 1. The first-order chi connectivity index (χ1) is 16.4. The fourth-order valence-electron chi connectivity index (χ4n) is 3.41. The van der Waals surface area contributed by atoms with Crippen molar-refractivity contribution in [2.24, 2.45) is 0 Å². The summed E-state index contributed by atoms with van der Waals surface area (Å²) in [5, 5.41) is 7.29. The van der Waals surface area contributed by atoms with Crippen molar-refractivity contribution in [2.75, 3.05) is 42.3 Å². The number of aliphatic carboxylic acids is 1. The van der Waals surface area contributed by atoms with Crippen molar-refractivity contribution >= 4 is 60.5 Å². The Bertz CT molecular complexity index is 1280. The van der Waals surface area contributed by atoms with E-state index in [-0.39, 0.29) is 9.92 Å². The molecule has 14 heteroatoms. The van der Waals surface area contributed by atoms with Gasteiger partial charge in [0.15, 0.2) is 0 Å². The number of likely N-dealkylation sites (N-methyl/N-ethyl adjacent to an activating group) is 1. The smallest absolute Gasteiger partial charge is 0.475 e. The van der Waals surface area contributed by atoms with E-state index in [1.807, 2.05) is 12.1 Å². The van der Waals surface area contributed by atoms with Crippen LogP contribution in [0.5, 0.6) is 0 Å². The summed E-state index contributed by atoms with van der Waals surface area (Å²) in [7, 11) is -3.85. The van der Waals surface area contributed by atoms with Gasteiger partial charge in [-0.15, -0.1) is 11.3 Å². The van der Waals surface area contributed by atoms with Gasteiger partial charge in [-0.2, -0.15) is 13.2 Å². The first kappa shape index (κ1) is 27.0. The van der Waals surface area contributed by atoms with Gasteiger partial charge in [-0.1, -0.05) is 18.5 Å². The van der Waals surface area contributed by atoms with Crippen molar-refractivity contribution in [3.8, 4) is 0 Å². The number of hydrogen-bond acceptors (Lipinski definition) is 7. The first-order valence-electron chi connectivity index (χ1n) is 10.3. The van der Waals surface area contributed by atoms with Crippen molar-refractivity contribution in [3.05, 3.63) is 46.9 Å². The number of carboxylic acid groups (broad SMARTS) is 1. The standard InChI is InChI=1S/C19H21ClN4O2S2.C2HF3O2/c1-2-23-9-11-24(12-10-23)15-5-3-14(4-6-15)22-28(25,26)19-16(20)7-8-17-18(19)21-13-27-17;3-2(4,5)1(6)7/h3-8,13,22H,2,9-12H2,1H3;(H,6,7). The van der Waals surface area contributed by atoms with E-state index in [0.717, 1.165) is 43.1 Å². The van der Waals surface area contributed by atoms with Crippen LogP contribution in [0.4, 0.5) is 24.5 Å². The molecule has 0 saturated carbocycles. The molecule has 0 amide bonds. The van der Waals surface area contributed by atoms with Gasteiger partial charge >= 0.3 is 12.1 Å². The van der Waals surface area contributed by atoms with E-state index in [2.05, 4.69) is 26.4 Å². The molecule has 0 bridgehead atoms. The molecule has 1 saturated heterocycles. The molecule has 1 aliphatic rings. The summed E-state index contributed by atoms with van der Waals surface area (Å²) in [5.74, 6) is -2.76. The molecule has 1 aromatic heterocycles. The van der Waals surface area contributed by atoms with E-state index in [1.165, 1.54) is 11.3 Å². The molecule has 4 rings (SSSR count). The maximum atomic E-state index is 12.9. The number of sulfonamides is 1. The van der Waals surface area contributed by atoms with Crippen LogP contribution in [0.15, 0.2) is 46.8 Å². The molecule has 190 valence electrons. The van der Waals surface area contributed by atoms with Gasteiger partial charge < -0.3 is 14.9 Å². The number of benzene rings is 2. The summed E-state index contributed by atoms with van der Waals surface area (Å²) < 4.78 is 61.0. The van der Waals surface area contributed by atoms with Crippen LogP contribution in [0, 0.1) is 0 Å². The van der Waals surface area contributed by atoms with Crippen LogP contribution in [-0.2, 0) is 14.8 Å². The third kappa shape index (κ3) is 6.75. The molecule has 0 aliphatic carbocycles. The summed E-state index contributed by atoms with van der Waals surface area (Å²) in [4.78, 5) is 17.8. The Balaban J connectivity index is 0.000000429. The third-order valence-electron chi connectivity index (χ3n) is 5.22. The molecule has 2 N–H and O–H groups in total. The predicted molar refractivity (Wildman–Crippen MR) is 130 cm³/mol. The van der Waals surface area contributed by atoms with E-state index in [9.17, 15) is 21.6 Å². The zero-order valence-corrected chi connectivity index (χ0v) is 20.8. The molecule has 0 spiro atoms. The maximum Gasteiger partial charge on any atom is 0.490 e. The Hall–Kier alpha value is -2.61. The van der Waals surface area contributed by atoms with Gasteiger partial charge in [0.05, 0.1) is 15.2 Å². The lowest BCUT2D eigenvalue weighted by Crippen LogP contribution is -2.46. The molecule has 1 aliphatic heterocycles. The number of hydrogen-bond donors (Lipinski definition) is 2. The highest BCUT2D eigenvalue weighted by molar-refractivity contribution is 7.93. The quantitative estimate of drug-likeness (QED) is 0.481. The zero-order valence-electron chi connectivity index (χ0n) is 18.4. The Morgan fingerprint density at radius 3 is 2.29 bits per heavy atom. The van der Waals surface area contributed by atoms with Crippen LogP contribution < -0.4 is 9.62 Å². The number of halogens is 4. The van der Waals surface area contributed by atoms with Gasteiger partial charge in [-0.3, -0.25) is 4.72 Å². The average molecular weight is 551 g/mol. The molecule has 2 aromatic carbocycles. The molecule has 0 radical (unpaired) electrons. The Kier molecular flexibility index (Phi) is 8.46. The minimum Gasteiger partial charge on any atom is -0.475 e. The number of rotatable bonds is 5. The van der Waals surface area contributed by atoms with Gasteiger partial charge in [0, 0.05) is 37.6 Å². The number of thiazole rings is 1. The highest BCUT2D eigenvalue weighted by atomic mass is 35.5. The summed E-state index contributed by atoms with van der Waals surface area (Å²) in [5.41, 5.74) is 3.61. The lowest BCUT2D eigenvalue weighted by atomic mass is 10.2. The van der Waals surface area contributed by atoms with E-state index in [1.54, 1.807) is 29.8 Å². The summed E-state index contributed by atoms with van der Waals surface area (Å²) in [6.07, 6.45) is -5.08. The highest BCUT2D eigenvalue weighted by Crippen LogP contribution is 2.33. The minimum atomic E-state index is -5.08. The molecule has 1 fully saturated rings. The van der Waals surface area contributed by atoms with Crippen LogP contribution in [0.3, 0.4) is 0 Å². The number of nitrogens with zero attached hydrogens (tertiary/aromatic N) is 3. The maximum absolute atomic E-state index is 12.9. The average Bonchev–Trinajstić information content (AvgIpc) is 3.27. The SMILES string of the molecule is CCN1CCN(c2ccc(NS(=O)(=O)c3c(Cl)ccc4scnc34)cc2)CC1.O=C(O)C(F)(F)F. The topological polar surface area (TPSA) is 103 Å². The van der Waals surface area contributed by atoms with Crippen molar-refractivity contribution < 1.29 is 31.5 Å². The monoisotopic (exact) mass is 550 g/mol. The summed E-state index contributed by atoms with van der Waals surface area (Å²) in [6, 6.07) is 10.8. The van der Waals surface area contributed by atoms with Crippen molar-refractivity contribution in [3.63, 3.8) is 0 Å². The van der Waals surface area contributed by atoms with Crippen molar-refractivity contribution in [2.45, 2.75) is 18.0 Å². The summed E-state index contributed by atoms with van der Waals surface area (Å²) >= 11 is 7.58. The van der Waals surface area contributed by atoms with Crippen LogP contribution in [-0.4, -0.2) is 68.3 Å². The molecule has 0 atom stereocenters. The lowest BCUT2D eigenvalue weighted by Gasteiger charge is -2.35. The number of carbonyl (C=O) groups is 1. The molecule has 8 nitrogen and oxygen atoms in total. The van der Waals surface area contributed by atoms with E-state index >= 15 is 0 Å². The largest absolute Gasteiger partial charge is 0.490 e. The van der Waals surface area contributed by atoms with Crippen LogP contribution in [0.25, 0.3) is 10.2 Å². The molecule has 35 heavy (non-hydrogen) atoms. The third-order valence-corrected chi connectivity index (χ3v) is 7.90. The molecule has 2 heterocycles. The number of nitrogens with one attached hydrogen (secondary N) is 1. The highest BCUT2D eigenvalue weighted by Gasteiger charge is 2.38. The van der Waals surface area contributed by atoms with Crippen LogP contribution in [0.2, 0.25) is 5.02 Å². The van der Waals surface area contributed by atoms with E-state index in [4.69, 9.17) is 21.5 Å². The zero-order chi connectivity index (χ0) is 25.8. The Morgan fingerprint density at radius 2 is 1.74 bits per heavy atom. The van der Waals surface area contributed by atoms with Gasteiger partial charge in [-0.05, 0) is 42.9 Å². The number of piperazine rings is 1. The van der Waals surface area contributed by atoms with Crippen LogP contribution >= 0.6 is 22.9 Å². The Labute approximate surface area is 209 Å². The minimum absolute atomic E-state index is 0.0210. The molecule has 3 aromatic rings. The second kappa shape index (κ2) is 11.0. The second-order valence-corrected chi connectivity index (χ2v) is 10.4. The van der Waals surface area contributed by atoms with Crippen molar-refractivity contribution in [1.82, 2.24) is 9.88 Å². The number of anilines is 2. The summed E-state index contributed by atoms with van der Waals surface area (Å²) in [6.45, 7) is 7.28. The number of alkyl halides is 3. The first-order valence-corrected chi connectivity index (χ1v) is 13.1. The number of fused-ring (bicyclic) bond motifs is 1. The molecular weight excluding hydrogens is 529 g/mol. The normalized spacial score (nSPS) is 14.9. The van der Waals surface area contributed by atoms with Gasteiger partial charge in [0.25, 0.3) is 10.0 Å². The predicted octanol–water partition coefficient (Wildman–Crippen LogP) is 4.53. The van der Waals surface area contributed by atoms with Gasteiger partial charge in [-0.25, -0.2) is 18.2 Å². The fourth-order valence-corrected chi connectivity index (χ4v) is 5.90. The van der Waals surface area contributed by atoms with E-state index in [0.29, 0.717) is 11.2 Å². The lowest BCUT2D eigenvalue weighted by molar-refractivity contribution is -0.192. The second-order valence-electron chi connectivity index (χ2n) is 7.45. The van der Waals surface area contributed by atoms with Crippen molar-refractivity contribution in [1.29, 1.82) is 0 Å². The van der Waals surface area contributed by atoms with Crippen LogP contribution in [0.1, 0.15) is 6.92 Å². The fraction of sp³-hybridized carbons (Fsp3) is 0.333. The van der Waals surface area contributed by atoms with Gasteiger partial charge in [0.1, 0.15) is 10.4 Å². The Morgan fingerprint density at radius 1 is 1.14 bits per heavy atom. The number of aromatic nitrogens is 1. The van der Waals surface area contributed by atoms with E-state index < -0.39 is 22.2 Å².